The van der Waals surface area contributed by atoms with Gasteiger partial charge in [-0.25, -0.2) is 0 Å². The lowest BCUT2D eigenvalue weighted by atomic mass is 9.94. The number of carbonyl (C=O) groups excluding carboxylic acids is 2. The van der Waals surface area contributed by atoms with Gasteiger partial charge in [0, 0.05) is 13.0 Å². The van der Waals surface area contributed by atoms with E-state index in [9.17, 15) is 14.7 Å². The van der Waals surface area contributed by atoms with E-state index >= 15 is 0 Å². The molecule has 1 aliphatic heterocycles. The van der Waals surface area contributed by atoms with Crippen LogP contribution >= 0.6 is 0 Å². The summed E-state index contributed by atoms with van der Waals surface area (Å²) in [4.78, 5) is 26.4. The predicted octanol–water partition coefficient (Wildman–Crippen LogP) is 3.18. The van der Waals surface area contributed by atoms with Crippen LogP contribution in [0.5, 0.6) is 11.5 Å². The van der Waals surface area contributed by atoms with Gasteiger partial charge >= 0.3 is 0 Å². The van der Waals surface area contributed by atoms with E-state index in [2.05, 4.69) is 0 Å². The summed E-state index contributed by atoms with van der Waals surface area (Å²) in [5.74, 6) is -0.0634. The van der Waals surface area contributed by atoms with Crippen molar-refractivity contribution in [2.45, 2.75) is 39.7 Å². The first-order valence-electron chi connectivity index (χ1n) is 8.58. The zero-order chi connectivity index (χ0) is 18.6. The van der Waals surface area contributed by atoms with Gasteiger partial charge in [-0.2, -0.15) is 0 Å². The summed E-state index contributed by atoms with van der Waals surface area (Å²) in [6, 6.07) is 4.71. The van der Waals surface area contributed by atoms with Gasteiger partial charge in [-0.3, -0.25) is 9.59 Å². The van der Waals surface area contributed by atoms with Crippen LogP contribution < -0.4 is 9.47 Å². The van der Waals surface area contributed by atoms with Crippen LogP contribution in [0.2, 0.25) is 0 Å². The Morgan fingerprint density at radius 3 is 2.52 bits per heavy atom. The van der Waals surface area contributed by atoms with Crippen LogP contribution in [-0.4, -0.2) is 42.0 Å². The first-order chi connectivity index (χ1) is 12.0. The summed E-state index contributed by atoms with van der Waals surface area (Å²) in [7, 11) is 1.54. The Bertz CT molecular complexity index is 695. The van der Waals surface area contributed by atoms with Crippen LogP contribution in [0, 0.1) is 0 Å². The summed E-state index contributed by atoms with van der Waals surface area (Å²) in [5, 5.41) is 10.3. The number of carbonyl (C=O) groups is 2. The number of ketones is 1. The summed E-state index contributed by atoms with van der Waals surface area (Å²) in [6.45, 7) is 6.49. The van der Waals surface area contributed by atoms with E-state index in [0.29, 0.717) is 30.2 Å². The van der Waals surface area contributed by atoms with Gasteiger partial charge in [-0.15, -0.1) is 0 Å². The molecule has 1 heterocycles. The van der Waals surface area contributed by atoms with Gasteiger partial charge in [0.1, 0.15) is 0 Å². The smallest absolute Gasteiger partial charge is 0.290 e. The second kappa shape index (κ2) is 8.05. The van der Waals surface area contributed by atoms with Gasteiger partial charge in [0.15, 0.2) is 23.0 Å². The number of Topliss-reactive ketones (excluding diaryl/α,β-unsaturated/α-hetero) is 1. The quantitative estimate of drug-likeness (QED) is 0.782. The number of aliphatic hydroxyl groups excluding tert-OH is 1. The molecule has 1 atom stereocenters. The largest absolute Gasteiger partial charge is 0.503 e. The molecule has 6 heteroatoms. The minimum atomic E-state index is -0.607. The third-order valence-corrected chi connectivity index (χ3v) is 4.19. The van der Waals surface area contributed by atoms with E-state index in [1.165, 1.54) is 12.0 Å². The van der Waals surface area contributed by atoms with Crippen LogP contribution in [0.1, 0.15) is 45.2 Å². The number of amides is 1. The van der Waals surface area contributed by atoms with Crippen LogP contribution in [0.3, 0.4) is 0 Å². The average Bonchev–Trinajstić information content (AvgIpc) is 2.87. The van der Waals surface area contributed by atoms with Crippen molar-refractivity contribution in [2.75, 3.05) is 20.3 Å². The zero-order valence-electron chi connectivity index (χ0n) is 15.2. The van der Waals surface area contributed by atoms with Crippen molar-refractivity contribution in [3.8, 4) is 11.5 Å². The van der Waals surface area contributed by atoms with Crippen LogP contribution in [0.25, 0.3) is 0 Å². The molecule has 1 N–H and O–H groups in total. The molecule has 1 unspecified atom stereocenters. The number of hydrogen-bond donors (Lipinski definition) is 1. The lowest BCUT2D eigenvalue weighted by Crippen LogP contribution is -2.31. The lowest BCUT2D eigenvalue weighted by molar-refractivity contribution is -0.129. The molecule has 0 fully saturated rings. The van der Waals surface area contributed by atoms with E-state index in [-0.39, 0.29) is 17.8 Å². The standard InChI is InChI=1S/C19H25NO5/c1-5-10-20-17(16(13(21)6-2)18(22)19(20)23)12-8-9-14(25-7-3)15(11-12)24-4/h8-9,11,17,22H,5-7,10H2,1-4H3. The maximum Gasteiger partial charge on any atom is 0.290 e. The number of ether oxygens (including phenoxy) is 2. The highest BCUT2D eigenvalue weighted by molar-refractivity contribution is 6.08. The maximum absolute atomic E-state index is 12.4. The summed E-state index contributed by atoms with van der Waals surface area (Å²) >= 11 is 0. The highest BCUT2D eigenvalue weighted by Crippen LogP contribution is 2.41. The Morgan fingerprint density at radius 1 is 1.24 bits per heavy atom. The molecule has 0 aliphatic carbocycles. The molecule has 0 saturated carbocycles. The molecule has 2 rings (SSSR count). The molecule has 6 nitrogen and oxygen atoms in total. The van der Waals surface area contributed by atoms with Crippen molar-refractivity contribution in [3.05, 3.63) is 35.1 Å². The molecular formula is C19H25NO5. The Kier molecular flexibility index (Phi) is 6.07. The fourth-order valence-corrected chi connectivity index (χ4v) is 3.08. The number of methoxy groups -OCH3 is 1. The molecule has 0 bridgehead atoms. The molecule has 1 aromatic rings. The highest BCUT2D eigenvalue weighted by Gasteiger charge is 2.42. The van der Waals surface area contributed by atoms with Crippen LogP contribution in [0.4, 0.5) is 0 Å². The first kappa shape index (κ1) is 18.8. The molecule has 0 saturated heterocycles. The number of aliphatic hydroxyl groups is 1. The summed E-state index contributed by atoms with van der Waals surface area (Å²) in [5.41, 5.74) is 0.870. The van der Waals surface area contributed by atoms with Crippen molar-refractivity contribution >= 4 is 11.7 Å². The van der Waals surface area contributed by atoms with Crippen molar-refractivity contribution in [3.63, 3.8) is 0 Å². The minimum absolute atomic E-state index is 0.159. The lowest BCUT2D eigenvalue weighted by Gasteiger charge is -2.27. The minimum Gasteiger partial charge on any atom is -0.503 e. The molecule has 136 valence electrons. The SMILES string of the molecule is CCCN1C(=O)C(O)=C(C(=O)CC)C1c1ccc(OCC)c(OC)c1. The number of rotatable bonds is 8. The van der Waals surface area contributed by atoms with Crippen molar-refractivity contribution in [2.24, 2.45) is 0 Å². The molecule has 0 radical (unpaired) electrons. The summed E-state index contributed by atoms with van der Waals surface area (Å²) < 4.78 is 10.9. The van der Waals surface area contributed by atoms with Gasteiger partial charge in [0.05, 0.1) is 25.3 Å². The third-order valence-electron chi connectivity index (χ3n) is 4.19. The van der Waals surface area contributed by atoms with E-state index in [1.54, 1.807) is 25.1 Å². The van der Waals surface area contributed by atoms with Gasteiger partial charge in [-0.1, -0.05) is 19.9 Å². The number of benzene rings is 1. The van der Waals surface area contributed by atoms with Gasteiger partial charge in [-0.05, 0) is 31.0 Å². The second-order valence-electron chi connectivity index (χ2n) is 5.78. The van der Waals surface area contributed by atoms with E-state index in [4.69, 9.17) is 9.47 Å². The Labute approximate surface area is 148 Å². The fraction of sp³-hybridized carbons (Fsp3) is 0.474. The first-order valence-corrected chi connectivity index (χ1v) is 8.58. The van der Waals surface area contributed by atoms with E-state index in [1.807, 2.05) is 13.8 Å². The van der Waals surface area contributed by atoms with Gasteiger partial charge < -0.3 is 19.5 Å². The van der Waals surface area contributed by atoms with Crippen LogP contribution in [-0.2, 0) is 9.59 Å². The Balaban J connectivity index is 2.54. The van der Waals surface area contributed by atoms with Gasteiger partial charge in [0.25, 0.3) is 5.91 Å². The predicted molar refractivity (Wildman–Crippen MR) is 93.9 cm³/mol. The van der Waals surface area contributed by atoms with Gasteiger partial charge in [0.2, 0.25) is 0 Å². The maximum atomic E-state index is 12.4. The monoisotopic (exact) mass is 347 g/mol. The molecule has 25 heavy (non-hydrogen) atoms. The Morgan fingerprint density at radius 2 is 1.96 bits per heavy atom. The molecule has 1 aliphatic rings. The van der Waals surface area contributed by atoms with Crippen LogP contribution in [0.15, 0.2) is 29.5 Å². The second-order valence-corrected chi connectivity index (χ2v) is 5.78. The van der Waals surface area contributed by atoms with Crippen molar-refractivity contribution < 1.29 is 24.2 Å². The topological polar surface area (TPSA) is 76.1 Å². The zero-order valence-corrected chi connectivity index (χ0v) is 15.2. The van der Waals surface area contributed by atoms with Crippen molar-refractivity contribution in [1.82, 2.24) is 4.90 Å². The van der Waals surface area contributed by atoms with E-state index < -0.39 is 17.7 Å². The Hall–Kier alpha value is -2.50. The summed E-state index contributed by atoms with van der Waals surface area (Å²) in [6.07, 6.45) is 0.939. The van der Waals surface area contributed by atoms with E-state index in [0.717, 1.165) is 6.42 Å². The normalized spacial score (nSPS) is 17.2. The average molecular weight is 347 g/mol. The molecule has 0 spiro atoms. The third kappa shape index (κ3) is 3.48. The molecule has 1 amide bonds. The fourth-order valence-electron chi connectivity index (χ4n) is 3.08. The highest BCUT2D eigenvalue weighted by atomic mass is 16.5. The van der Waals surface area contributed by atoms with Crippen molar-refractivity contribution in [1.29, 1.82) is 0 Å². The molecular weight excluding hydrogens is 322 g/mol. The number of nitrogens with zero attached hydrogens (tertiary/aromatic N) is 1. The number of hydrogen-bond acceptors (Lipinski definition) is 5. The molecule has 1 aromatic carbocycles. The molecule has 0 aromatic heterocycles.